The number of ether oxygens (including phenoxy) is 1. The van der Waals surface area contributed by atoms with Crippen LogP contribution >= 0.6 is 11.5 Å². The summed E-state index contributed by atoms with van der Waals surface area (Å²) >= 11 is 1.57. The van der Waals surface area contributed by atoms with Crippen LogP contribution in [0.4, 0.5) is 24.1 Å². The fraction of sp³-hybridized carbons (Fsp3) is 0.400. The van der Waals surface area contributed by atoms with Crippen LogP contribution in [0.25, 0.3) is 16.8 Å². The Morgan fingerprint density at radius 3 is 2.53 bits per heavy atom. The van der Waals surface area contributed by atoms with Gasteiger partial charge in [0.25, 0.3) is 0 Å². The number of rotatable bonds is 6. The lowest BCUT2D eigenvalue weighted by molar-refractivity contribution is -0.153. The van der Waals surface area contributed by atoms with Gasteiger partial charge in [0, 0.05) is 30.9 Å². The van der Waals surface area contributed by atoms with Gasteiger partial charge in [0.1, 0.15) is 10.8 Å². The van der Waals surface area contributed by atoms with Gasteiger partial charge in [-0.15, -0.1) is 5.10 Å². The number of hydrogen-bond acceptors (Lipinski definition) is 7. The maximum atomic E-state index is 12.4. The Labute approximate surface area is 210 Å². The molecule has 4 heterocycles. The third-order valence-electron chi connectivity index (χ3n) is 6.99. The van der Waals surface area contributed by atoms with Crippen molar-refractivity contribution < 1.29 is 17.9 Å². The average molecular weight is 515 g/mol. The molecule has 2 fully saturated rings. The lowest BCUT2D eigenvalue weighted by Gasteiger charge is -2.38. The number of benzene rings is 1. The van der Waals surface area contributed by atoms with Crippen LogP contribution in [0.5, 0.6) is 5.75 Å². The molecule has 6 rings (SSSR count). The first-order valence-electron chi connectivity index (χ1n) is 11.9. The van der Waals surface area contributed by atoms with E-state index in [1.807, 2.05) is 25.3 Å². The molecule has 0 amide bonds. The summed E-state index contributed by atoms with van der Waals surface area (Å²) in [5.41, 5.74) is 3.43. The molecular formula is C25H25F3N6OS. The number of nitrogens with one attached hydrogen (secondary N) is 1. The Morgan fingerprint density at radius 1 is 1.11 bits per heavy atom. The van der Waals surface area contributed by atoms with Crippen molar-refractivity contribution in [2.24, 2.45) is 11.8 Å². The first kappa shape index (κ1) is 23.1. The maximum Gasteiger partial charge on any atom is 0.422 e. The Balaban J connectivity index is 1.19. The number of anilines is 2. The SMILES string of the molecule is Cc1cc(N2C[C@H]3CC[C@@H](C2)[C@@H]3Nc2nc3c(-c4ccc(OCC(F)(F)F)cc4)cccn3n2)sn1. The zero-order valence-electron chi connectivity index (χ0n) is 19.6. The van der Waals surface area contributed by atoms with E-state index in [0.717, 1.165) is 29.9 Å². The number of piperidine rings is 1. The first-order valence-corrected chi connectivity index (χ1v) is 12.7. The predicted octanol–water partition coefficient (Wildman–Crippen LogP) is 5.43. The number of pyridine rings is 1. The summed E-state index contributed by atoms with van der Waals surface area (Å²) in [6, 6.07) is 12.8. The lowest BCUT2D eigenvalue weighted by atomic mass is 9.92. The summed E-state index contributed by atoms with van der Waals surface area (Å²) in [4.78, 5) is 7.25. The molecule has 4 aromatic rings. The van der Waals surface area contributed by atoms with E-state index < -0.39 is 12.8 Å². The smallest absolute Gasteiger partial charge is 0.422 e. The predicted molar refractivity (Wildman–Crippen MR) is 133 cm³/mol. The van der Waals surface area contributed by atoms with Crippen LogP contribution in [0.15, 0.2) is 48.7 Å². The van der Waals surface area contributed by atoms with E-state index in [1.54, 1.807) is 28.2 Å². The van der Waals surface area contributed by atoms with E-state index in [-0.39, 0.29) is 5.75 Å². The number of aromatic nitrogens is 4. The second-order valence-electron chi connectivity index (χ2n) is 9.53. The van der Waals surface area contributed by atoms with E-state index in [1.165, 1.54) is 30.0 Å². The van der Waals surface area contributed by atoms with Crippen molar-refractivity contribution in [2.45, 2.75) is 32.0 Å². The van der Waals surface area contributed by atoms with Crippen molar-refractivity contribution in [3.05, 3.63) is 54.4 Å². The molecule has 0 unspecified atom stereocenters. The molecular weight excluding hydrogens is 489 g/mol. The Morgan fingerprint density at radius 2 is 1.86 bits per heavy atom. The molecule has 0 spiro atoms. The van der Waals surface area contributed by atoms with E-state index in [4.69, 9.17) is 9.72 Å². The minimum Gasteiger partial charge on any atom is -0.484 e. The summed E-state index contributed by atoms with van der Waals surface area (Å²) in [6.07, 6.45) is -0.164. The van der Waals surface area contributed by atoms with E-state index in [9.17, 15) is 13.2 Å². The van der Waals surface area contributed by atoms with Crippen LogP contribution in [0, 0.1) is 18.8 Å². The summed E-state index contributed by atoms with van der Waals surface area (Å²) in [5.74, 6) is 1.79. The molecule has 36 heavy (non-hydrogen) atoms. The third kappa shape index (κ3) is 4.59. The maximum absolute atomic E-state index is 12.4. The van der Waals surface area contributed by atoms with E-state index in [2.05, 4.69) is 25.8 Å². The summed E-state index contributed by atoms with van der Waals surface area (Å²) in [5, 5.41) is 9.53. The highest BCUT2D eigenvalue weighted by atomic mass is 32.1. The molecule has 3 atom stereocenters. The van der Waals surface area contributed by atoms with Crippen molar-refractivity contribution >= 4 is 28.1 Å². The van der Waals surface area contributed by atoms with Crippen LogP contribution < -0.4 is 15.0 Å². The van der Waals surface area contributed by atoms with Gasteiger partial charge < -0.3 is 15.0 Å². The van der Waals surface area contributed by atoms with Gasteiger partial charge in [-0.25, -0.2) is 4.52 Å². The fourth-order valence-corrected chi connectivity index (χ4v) is 6.15. The number of aryl methyl sites for hydroxylation is 1. The molecule has 1 aliphatic carbocycles. The number of hydrogen-bond donors (Lipinski definition) is 1. The molecule has 2 aliphatic rings. The number of fused-ring (bicyclic) bond motifs is 3. The van der Waals surface area contributed by atoms with Gasteiger partial charge in [-0.1, -0.05) is 12.1 Å². The molecule has 11 heteroatoms. The topological polar surface area (TPSA) is 67.6 Å². The van der Waals surface area contributed by atoms with Crippen LogP contribution in [-0.4, -0.2) is 50.9 Å². The van der Waals surface area contributed by atoms with Gasteiger partial charge in [-0.2, -0.15) is 22.5 Å². The molecule has 1 aliphatic heterocycles. The van der Waals surface area contributed by atoms with Crippen LogP contribution in [0.1, 0.15) is 18.5 Å². The van der Waals surface area contributed by atoms with E-state index >= 15 is 0 Å². The van der Waals surface area contributed by atoms with Crippen molar-refractivity contribution in [2.75, 3.05) is 29.9 Å². The van der Waals surface area contributed by atoms with Crippen LogP contribution in [0.2, 0.25) is 0 Å². The second kappa shape index (κ2) is 8.95. The largest absolute Gasteiger partial charge is 0.484 e. The Bertz CT molecular complexity index is 1350. The second-order valence-corrected chi connectivity index (χ2v) is 10.3. The molecule has 1 aromatic carbocycles. The van der Waals surface area contributed by atoms with Crippen molar-refractivity contribution in [1.82, 2.24) is 19.0 Å². The van der Waals surface area contributed by atoms with Gasteiger partial charge in [-0.05, 0) is 79.0 Å². The standard InChI is InChI=1S/C25H25F3N6OS/c1-15-11-21(36-32-15)33-12-17-4-5-18(13-33)22(17)29-24-30-23-20(3-2-10-34(23)31-24)16-6-8-19(9-7-16)35-14-25(26,27)28/h2-3,6-11,17-18,22H,4-5,12-14H2,1H3,(H,29,31)/t17-,18+,22-. The zero-order chi connectivity index (χ0) is 24.9. The first-order chi connectivity index (χ1) is 17.3. The molecule has 3 aromatic heterocycles. The minimum atomic E-state index is -4.37. The minimum absolute atomic E-state index is 0.169. The fourth-order valence-electron chi connectivity index (χ4n) is 5.38. The lowest BCUT2D eigenvalue weighted by Crippen LogP contribution is -2.48. The summed E-state index contributed by atoms with van der Waals surface area (Å²) in [7, 11) is 0. The zero-order valence-corrected chi connectivity index (χ0v) is 20.4. The molecule has 2 bridgehead atoms. The monoisotopic (exact) mass is 514 g/mol. The molecule has 1 saturated carbocycles. The quantitative estimate of drug-likeness (QED) is 0.370. The van der Waals surface area contributed by atoms with Gasteiger partial charge >= 0.3 is 6.18 Å². The van der Waals surface area contributed by atoms with Crippen molar-refractivity contribution in [1.29, 1.82) is 0 Å². The van der Waals surface area contributed by atoms with Gasteiger partial charge in [0.15, 0.2) is 12.3 Å². The normalized spacial score (nSPS) is 21.8. The molecule has 0 radical (unpaired) electrons. The summed E-state index contributed by atoms with van der Waals surface area (Å²) < 4.78 is 48.3. The van der Waals surface area contributed by atoms with Crippen molar-refractivity contribution in [3.63, 3.8) is 0 Å². The number of alkyl halides is 3. The van der Waals surface area contributed by atoms with Crippen LogP contribution in [0.3, 0.4) is 0 Å². The molecule has 7 nitrogen and oxygen atoms in total. The highest BCUT2D eigenvalue weighted by Gasteiger charge is 2.43. The number of halogens is 3. The van der Waals surface area contributed by atoms with E-state index in [0.29, 0.717) is 29.5 Å². The van der Waals surface area contributed by atoms with Crippen LogP contribution in [-0.2, 0) is 0 Å². The Hall–Kier alpha value is -3.34. The summed E-state index contributed by atoms with van der Waals surface area (Å²) in [6.45, 7) is 2.71. The third-order valence-corrected chi connectivity index (χ3v) is 7.93. The molecule has 1 saturated heterocycles. The Kier molecular flexibility index (Phi) is 5.74. The molecule has 188 valence electrons. The highest BCUT2D eigenvalue weighted by Crippen LogP contribution is 2.41. The molecule has 1 N–H and O–H groups in total. The number of nitrogens with zero attached hydrogens (tertiary/aromatic N) is 5. The van der Waals surface area contributed by atoms with Gasteiger partial charge in [0.2, 0.25) is 5.95 Å². The van der Waals surface area contributed by atoms with Crippen molar-refractivity contribution in [3.8, 4) is 16.9 Å². The highest BCUT2D eigenvalue weighted by molar-refractivity contribution is 7.10. The van der Waals surface area contributed by atoms with Gasteiger partial charge in [-0.3, -0.25) is 0 Å². The average Bonchev–Trinajstić information content (AvgIpc) is 3.53. The van der Waals surface area contributed by atoms with Gasteiger partial charge in [0.05, 0.1) is 5.69 Å².